The molecule has 0 bridgehead atoms. The summed E-state index contributed by atoms with van der Waals surface area (Å²) < 4.78 is 2.52. The number of benzene rings is 10. The SMILES string of the molecule is C1=CC2Nc3c(-c4cccc(-c5cc6c7c(c5)c5cc(-c8cccc(-c9ccccc9Nc9ccccc9)c8)ccc5n7-c5ccccc5-c5ccccc5-6)c4)cccc3-c3ccccc3C2C=C1. The van der Waals surface area contributed by atoms with Crippen molar-refractivity contribution in [2.24, 2.45) is 0 Å². The molecular formula is C66H45N3. The van der Waals surface area contributed by atoms with Gasteiger partial charge in [0.25, 0.3) is 0 Å². The second-order valence-electron chi connectivity index (χ2n) is 18.5. The Kier molecular flexibility index (Phi) is 9.03. The molecular weight excluding hydrogens is 835 g/mol. The van der Waals surface area contributed by atoms with Gasteiger partial charge in [-0.15, -0.1) is 0 Å². The first-order chi connectivity index (χ1) is 34.2. The van der Waals surface area contributed by atoms with E-state index in [-0.39, 0.29) is 12.0 Å². The van der Waals surface area contributed by atoms with Crippen molar-refractivity contribution >= 4 is 38.9 Å². The fraction of sp³-hybridized carbons (Fsp3) is 0.0303. The van der Waals surface area contributed by atoms with E-state index in [1.165, 1.54) is 111 Å². The molecule has 0 saturated carbocycles. The highest BCUT2D eigenvalue weighted by Crippen LogP contribution is 2.50. The minimum atomic E-state index is 0.155. The van der Waals surface area contributed by atoms with Gasteiger partial charge >= 0.3 is 0 Å². The van der Waals surface area contributed by atoms with Crippen molar-refractivity contribution in [1.29, 1.82) is 0 Å². The number of allylic oxidation sites excluding steroid dienone is 2. The van der Waals surface area contributed by atoms with Crippen molar-refractivity contribution in [1.82, 2.24) is 4.57 Å². The quantitative estimate of drug-likeness (QED) is 0.174. The highest BCUT2D eigenvalue weighted by Gasteiger charge is 2.30. The van der Waals surface area contributed by atoms with E-state index in [1.807, 2.05) is 6.07 Å². The number of nitrogens with zero attached hydrogens (tertiary/aromatic N) is 1. The minimum Gasteiger partial charge on any atom is -0.377 e. The third kappa shape index (κ3) is 6.43. The normalized spacial score (nSPS) is 15.0. The van der Waals surface area contributed by atoms with Gasteiger partial charge in [0, 0.05) is 55.9 Å². The molecule has 324 valence electrons. The fourth-order valence-electron chi connectivity index (χ4n) is 11.5. The molecule has 2 N–H and O–H groups in total. The molecule has 0 amide bonds. The fourth-order valence-corrected chi connectivity index (χ4v) is 11.5. The van der Waals surface area contributed by atoms with Crippen LogP contribution in [0.1, 0.15) is 11.5 Å². The van der Waals surface area contributed by atoms with Gasteiger partial charge in [0.05, 0.1) is 28.5 Å². The molecule has 10 aromatic carbocycles. The molecule has 0 fully saturated rings. The maximum Gasteiger partial charge on any atom is 0.0620 e. The lowest BCUT2D eigenvalue weighted by molar-refractivity contribution is 0.764. The molecule has 2 atom stereocenters. The minimum absolute atomic E-state index is 0.155. The summed E-state index contributed by atoms with van der Waals surface area (Å²) in [6, 6.07) is 82.8. The third-order valence-corrected chi connectivity index (χ3v) is 14.6. The average Bonchev–Trinajstić information content (AvgIpc) is 3.58. The molecule has 1 aliphatic carbocycles. The number of aromatic nitrogens is 1. The van der Waals surface area contributed by atoms with Crippen molar-refractivity contribution in [2.45, 2.75) is 12.0 Å². The van der Waals surface area contributed by atoms with E-state index in [0.29, 0.717) is 0 Å². The molecule has 3 aliphatic rings. The summed E-state index contributed by atoms with van der Waals surface area (Å²) in [5, 5.41) is 10.2. The smallest absolute Gasteiger partial charge is 0.0620 e. The van der Waals surface area contributed by atoms with Crippen molar-refractivity contribution in [3.63, 3.8) is 0 Å². The molecule has 0 saturated heterocycles. The van der Waals surface area contributed by atoms with Gasteiger partial charge in [-0.3, -0.25) is 0 Å². The molecule has 3 heterocycles. The lowest BCUT2D eigenvalue weighted by Gasteiger charge is -2.25. The van der Waals surface area contributed by atoms with Gasteiger partial charge in [-0.25, -0.2) is 0 Å². The summed E-state index contributed by atoms with van der Waals surface area (Å²) in [6.07, 6.45) is 9.01. The van der Waals surface area contributed by atoms with Gasteiger partial charge in [-0.05, 0) is 116 Å². The molecule has 2 unspecified atom stereocenters. The topological polar surface area (TPSA) is 29.0 Å². The van der Waals surface area contributed by atoms with Crippen molar-refractivity contribution < 1.29 is 0 Å². The van der Waals surface area contributed by atoms with Crippen molar-refractivity contribution in [2.75, 3.05) is 10.6 Å². The Balaban J connectivity index is 0.949. The zero-order valence-corrected chi connectivity index (χ0v) is 37.8. The maximum absolute atomic E-state index is 4.03. The van der Waals surface area contributed by atoms with E-state index in [4.69, 9.17) is 0 Å². The Hall–Kier alpha value is -8.92. The highest BCUT2D eigenvalue weighted by atomic mass is 15.0. The summed E-state index contributed by atoms with van der Waals surface area (Å²) in [4.78, 5) is 0. The van der Waals surface area contributed by atoms with Gasteiger partial charge in [-0.1, -0.05) is 188 Å². The summed E-state index contributed by atoms with van der Waals surface area (Å²) in [5.74, 6) is 0.255. The Bertz CT molecular complexity index is 3920. The number of rotatable bonds is 6. The first kappa shape index (κ1) is 39.3. The Morgan fingerprint density at radius 3 is 1.81 bits per heavy atom. The molecule has 3 heteroatoms. The summed E-state index contributed by atoms with van der Waals surface area (Å²) in [6.45, 7) is 0. The van der Waals surface area contributed by atoms with E-state index >= 15 is 0 Å². The first-order valence-electron chi connectivity index (χ1n) is 24.0. The first-order valence-corrected chi connectivity index (χ1v) is 24.0. The zero-order valence-electron chi connectivity index (χ0n) is 37.8. The standard InChI is InChI=1S/C66H45N3/c1-2-21-48(22-3-1)67-61-32-11-8-23-49(61)45-19-14-17-42(37-45)44-35-36-64-58(39-44)60-41-47(40-59-54-27-7-5-25-52(54)56-29-10-13-34-63(56)69(64)66(59)60)43-18-15-20-46(38-43)50-30-16-31-57-53-26-6-4-24-51(53)55-28-9-12-33-62(55)68-65(50)57/h1-41,55,62,67-68H. The van der Waals surface area contributed by atoms with E-state index in [2.05, 4.69) is 258 Å². The van der Waals surface area contributed by atoms with Crippen LogP contribution < -0.4 is 10.6 Å². The lowest BCUT2D eigenvalue weighted by Crippen LogP contribution is -2.24. The summed E-state index contributed by atoms with van der Waals surface area (Å²) in [7, 11) is 0. The van der Waals surface area contributed by atoms with E-state index in [1.54, 1.807) is 0 Å². The van der Waals surface area contributed by atoms with E-state index in [9.17, 15) is 0 Å². The predicted molar refractivity (Wildman–Crippen MR) is 291 cm³/mol. The molecule has 69 heavy (non-hydrogen) atoms. The van der Waals surface area contributed by atoms with Crippen LogP contribution in [0.4, 0.5) is 17.1 Å². The van der Waals surface area contributed by atoms with Crippen LogP contribution >= 0.6 is 0 Å². The Labute approximate surface area is 402 Å². The number of fused-ring (bicyclic) bond motifs is 13. The van der Waals surface area contributed by atoms with Crippen LogP contribution in [0, 0.1) is 0 Å². The van der Waals surface area contributed by atoms with Crippen LogP contribution in [0.3, 0.4) is 0 Å². The second-order valence-corrected chi connectivity index (χ2v) is 18.5. The monoisotopic (exact) mass is 879 g/mol. The van der Waals surface area contributed by atoms with Gasteiger partial charge in [0.1, 0.15) is 0 Å². The Morgan fingerprint density at radius 1 is 0.377 bits per heavy atom. The van der Waals surface area contributed by atoms with Crippen LogP contribution in [0.2, 0.25) is 0 Å². The van der Waals surface area contributed by atoms with Crippen molar-refractivity contribution in [3.05, 3.63) is 254 Å². The van der Waals surface area contributed by atoms with Gasteiger partial charge in [-0.2, -0.15) is 0 Å². The predicted octanol–water partition coefficient (Wildman–Crippen LogP) is 17.5. The van der Waals surface area contributed by atoms with Crippen LogP contribution in [0.5, 0.6) is 0 Å². The van der Waals surface area contributed by atoms with Gasteiger partial charge in [0.15, 0.2) is 0 Å². The highest BCUT2D eigenvalue weighted by molar-refractivity contribution is 6.18. The maximum atomic E-state index is 4.03. The number of hydrogen-bond donors (Lipinski definition) is 2. The van der Waals surface area contributed by atoms with Crippen molar-refractivity contribution in [3.8, 4) is 83.6 Å². The largest absolute Gasteiger partial charge is 0.377 e. The lowest BCUT2D eigenvalue weighted by atomic mass is 9.85. The molecule has 14 rings (SSSR count). The van der Waals surface area contributed by atoms with Crippen LogP contribution in [0.25, 0.3) is 105 Å². The third-order valence-electron chi connectivity index (χ3n) is 14.6. The number of para-hydroxylation sites is 4. The summed E-state index contributed by atoms with van der Waals surface area (Å²) >= 11 is 0. The molecule has 11 aromatic rings. The molecule has 0 radical (unpaired) electrons. The van der Waals surface area contributed by atoms with Crippen LogP contribution in [0.15, 0.2) is 249 Å². The molecule has 2 aliphatic heterocycles. The molecule has 3 nitrogen and oxygen atoms in total. The second kappa shape index (κ2) is 15.9. The van der Waals surface area contributed by atoms with E-state index < -0.39 is 0 Å². The van der Waals surface area contributed by atoms with Crippen LogP contribution in [-0.2, 0) is 0 Å². The van der Waals surface area contributed by atoms with Gasteiger partial charge < -0.3 is 15.2 Å². The van der Waals surface area contributed by atoms with Crippen LogP contribution in [-0.4, -0.2) is 10.6 Å². The van der Waals surface area contributed by atoms with E-state index in [0.717, 1.165) is 16.9 Å². The molecule has 1 aromatic heterocycles. The zero-order chi connectivity index (χ0) is 45.4. The average molecular weight is 880 g/mol. The molecule has 0 spiro atoms. The number of anilines is 3. The summed E-state index contributed by atoms with van der Waals surface area (Å²) in [5.41, 5.74) is 25.2. The number of hydrogen-bond acceptors (Lipinski definition) is 2. The van der Waals surface area contributed by atoms with Gasteiger partial charge in [0.2, 0.25) is 0 Å². The number of nitrogens with one attached hydrogen (secondary N) is 2. The Morgan fingerprint density at radius 2 is 0.971 bits per heavy atom.